The van der Waals surface area contributed by atoms with Gasteiger partial charge in [0.2, 0.25) is 6.29 Å². The van der Waals surface area contributed by atoms with Gasteiger partial charge in [-0.05, 0) is 12.1 Å². The number of carbonyl (C=O) groups is 3. The van der Waals surface area contributed by atoms with Crippen molar-refractivity contribution in [2.45, 2.75) is 51.5 Å². The standard InChI is InChI=1S/C19H23NO11/c1-10(21)27-9-15-16(28-11(2)22)17(29-12(3)23)18(26-4)19(31-15)30-14-7-5-13(6-8-14)20(24)25/h5-8,15-19H,9H2,1-4H3/t15-,16-,17+,18+,19+/m1/s1. The zero-order valence-corrected chi connectivity index (χ0v) is 17.3. The molecule has 0 amide bonds. The van der Waals surface area contributed by atoms with Crippen LogP contribution in [0.5, 0.6) is 5.75 Å². The predicted octanol–water partition coefficient (Wildman–Crippen LogP) is 1.14. The monoisotopic (exact) mass is 441 g/mol. The van der Waals surface area contributed by atoms with Crippen molar-refractivity contribution in [1.82, 2.24) is 0 Å². The molecule has 31 heavy (non-hydrogen) atoms. The lowest BCUT2D eigenvalue weighted by atomic mass is 9.98. The molecule has 0 N–H and O–H groups in total. The van der Waals surface area contributed by atoms with Crippen LogP contribution in [0.3, 0.4) is 0 Å². The molecule has 0 bridgehead atoms. The van der Waals surface area contributed by atoms with E-state index in [1.54, 1.807) is 0 Å². The Morgan fingerprint density at radius 1 is 0.968 bits per heavy atom. The maximum absolute atomic E-state index is 11.7. The Morgan fingerprint density at radius 2 is 1.55 bits per heavy atom. The van der Waals surface area contributed by atoms with E-state index in [1.807, 2.05) is 0 Å². The summed E-state index contributed by atoms with van der Waals surface area (Å²) in [6.07, 6.45) is -5.59. The van der Waals surface area contributed by atoms with Crippen LogP contribution in [-0.4, -0.2) is 67.3 Å². The maximum Gasteiger partial charge on any atom is 0.303 e. The van der Waals surface area contributed by atoms with Crippen molar-refractivity contribution in [1.29, 1.82) is 0 Å². The zero-order valence-electron chi connectivity index (χ0n) is 17.3. The third-order valence-electron chi connectivity index (χ3n) is 4.22. The van der Waals surface area contributed by atoms with E-state index in [2.05, 4.69) is 0 Å². The fourth-order valence-corrected chi connectivity index (χ4v) is 3.00. The normalized spacial score (nSPS) is 25.2. The van der Waals surface area contributed by atoms with Gasteiger partial charge in [-0.2, -0.15) is 0 Å². The number of non-ortho nitro benzene ring substituents is 1. The first kappa shape index (κ1) is 24.0. The number of nitrogens with zero attached hydrogens (tertiary/aromatic N) is 1. The van der Waals surface area contributed by atoms with Gasteiger partial charge < -0.3 is 28.4 Å². The summed E-state index contributed by atoms with van der Waals surface area (Å²) < 4.78 is 32.6. The molecule has 1 fully saturated rings. The maximum atomic E-state index is 11.7. The van der Waals surface area contributed by atoms with Crippen molar-refractivity contribution in [3.63, 3.8) is 0 Å². The number of hydrogen-bond donors (Lipinski definition) is 0. The topological polar surface area (TPSA) is 150 Å². The van der Waals surface area contributed by atoms with E-state index in [0.29, 0.717) is 0 Å². The van der Waals surface area contributed by atoms with Crippen molar-refractivity contribution in [2.24, 2.45) is 0 Å². The highest BCUT2D eigenvalue weighted by atomic mass is 16.7. The molecule has 1 heterocycles. The van der Waals surface area contributed by atoms with Gasteiger partial charge in [0.05, 0.1) is 4.92 Å². The molecule has 12 heteroatoms. The predicted molar refractivity (Wildman–Crippen MR) is 101 cm³/mol. The Kier molecular flexibility index (Phi) is 8.28. The lowest BCUT2D eigenvalue weighted by Crippen LogP contribution is -2.63. The van der Waals surface area contributed by atoms with Crippen molar-refractivity contribution in [3.8, 4) is 5.75 Å². The Balaban J connectivity index is 2.34. The lowest BCUT2D eigenvalue weighted by molar-refractivity contribution is -0.384. The Morgan fingerprint density at radius 3 is 2.03 bits per heavy atom. The van der Waals surface area contributed by atoms with E-state index in [1.165, 1.54) is 45.2 Å². The highest BCUT2D eigenvalue weighted by Gasteiger charge is 2.51. The van der Waals surface area contributed by atoms with E-state index >= 15 is 0 Å². The van der Waals surface area contributed by atoms with E-state index in [4.69, 9.17) is 28.4 Å². The van der Waals surface area contributed by atoms with E-state index in [9.17, 15) is 24.5 Å². The molecule has 1 saturated heterocycles. The number of benzene rings is 1. The minimum Gasteiger partial charge on any atom is -0.463 e. The minimum absolute atomic E-state index is 0.138. The molecule has 2 rings (SSSR count). The minimum atomic E-state index is -1.19. The SMILES string of the molecule is CO[C@@H]1[C@@H](Oc2ccc([N+](=O)[O-])cc2)O[C@H](COC(C)=O)[C@@H](OC(C)=O)[C@@H]1OC(C)=O. The largest absolute Gasteiger partial charge is 0.463 e. The van der Waals surface area contributed by atoms with E-state index < -0.39 is 53.5 Å². The van der Waals surface area contributed by atoms with Gasteiger partial charge in [0.15, 0.2) is 18.3 Å². The molecule has 170 valence electrons. The van der Waals surface area contributed by atoms with Gasteiger partial charge in [-0.3, -0.25) is 24.5 Å². The van der Waals surface area contributed by atoms with E-state index in [-0.39, 0.29) is 18.0 Å². The van der Waals surface area contributed by atoms with Gasteiger partial charge in [-0.15, -0.1) is 0 Å². The molecule has 12 nitrogen and oxygen atoms in total. The van der Waals surface area contributed by atoms with Gasteiger partial charge in [0, 0.05) is 40.0 Å². The van der Waals surface area contributed by atoms with Crippen LogP contribution < -0.4 is 4.74 Å². The molecule has 0 spiro atoms. The second kappa shape index (κ2) is 10.7. The highest BCUT2D eigenvalue weighted by Crippen LogP contribution is 2.30. The summed E-state index contributed by atoms with van der Waals surface area (Å²) in [4.78, 5) is 44.9. The molecule has 1 aliphatic rings. The van der Waals surface area contributed by atoms with Crippen molar-refractivity contribution < 1.29 is 47.7 Å². The summed E-state index contributed by atoms with van der Waals surface area (Å²) in [5.74, 6) is -1.75. The second-order valence-corrected chi connectivity index (χ2v) is 6.56. The smallest absolute Gasteiger partial charge is 0.303 e. The van der Waals surface area contributed by atoms with Gasteiger partial charge in [-0.25, -0.2) is 0 Å². The Labute approximate surface area is 177 Å². The van der Waals surface area contributed by atoms with Crippen molar-refractivity contribution >= 4 is 23.6 Å². The molecule has 1 aromatic carbocycles. The first-order valence-corrected chi connectivity index (χ1v) is 9.19. The van der Waals surface area contributed by atoms with Gasteiger partial charge in [-0.1, -0.05) is 0 Å². The number of rotatable bonds is 8. The van der Waals surface area contributed by atoms with Crippen LogP contribution in [0.25, 0.3) is 0 Å². The van der Waals surface area contributed by atoms with Crippen LogP contribution in [-0.2, 0) is 38.1 Å². The Bertz CT molecular complexity index is 810. The molecule has 0 radical (unpaired) electrons. The highest BCUT2D eigenvalue weighted by molar-refractivity contribution is 5.68. The summed E-state index contributed by atoms with van der Waals surface area (Å²) in [5, 5.41) is 10.8. The molecular weight excluding hydrogens is 418 g/mol. The van der Waals surface area contributed by atoms with Crippen LogP contribution in [0.4, 0.5) is 5.69 Å². The summed E-state index contributed by atoms with van der Waals surface area (Å²) >= 11 is 0. The number of ether oxygens (including phenoxy) is 6. The summed E-state index contributed by atoms with van der Waals surface area (Å²) in [6.45, 7) is 3.20. The third kappa shape index (κ3) is 6.62. The molecule has 0 aromatic heterocycles. The molecule has 0 unspecified atom stereocenters. The zero-order chi connectivity index (χ0) is 23.1. The van der Waals surface area contributed by atoms with Crippen molar-refractivity contribution in [2.75, 3.05) is 13.7 Å². The van der Waals surface area contributed by atoms with Crippen LogP contribution in [0.1, 0.15) is 20.8 Å². The average Bonchev–Trinajstić information content (AvgIpc) is 2.68. The summed E-state index contributed by atoms with van der Waals surface area (Å²) in [7, 11) is 1.31. The number of esters is 3. The number of nitro benzene ring substituents is 1. The van der Waals surface area contributed by atoms with Crippen molar-refractivity contribution in [3.05, 3.63) is 34.4 Å². The summed E-state index contributed by atoms with van der Waals surface area (Å²) in [5.41, 5.74) is -0.138. The van der Waals surface area contributed by atoms with Crippen LogP contribution in [0.2, 0.25) is 0 Å². The van der Waals surface area contributed by atoms with E-state index in [0.717, 1.165) is 6.92 Å². The summed E-state index contributed by atoms with van der Waals surface area (Å²) in [6, 6.07) is 5.19. The van der Waals surface area contributed by atoms with Crippen LogP contribution in [0, 0.1) is 10.1 Å². The number of carbonyl (C=O) groups excluding carboxylic acids is 3. The number of hydrogen-bond acceptors (Lipinski definition) is 11. The van der Waals surface area contributed by atoms with Crippen LogP contribution >= 0.6 is 0 Å². The second-order valence-electron chi connectivity index (χ2n) is 6.56. The van der Waals surface area contributed by atoms with Gasteiger partial charge >= 0.3 is 17.9 Å². The fraction of sp³-hybridized carbons (Fsp3) is 0.526. The number of methoxy groups -OCH3 is 1. The average molecular weight is 441 g/mol. The molecule has 0 aliphatic carbocycles. The molecule has 1 aromatic rings. The molecule has 1 aliphatic heterocycles. The first-order valence-electron chi connectivity index (χ1n) is 9.19. The molecule has 0 saturated carbocycles. The third-order valence-corrected chi connectivity index (χ3v) is 4.22. The molecular formula is C19H23NO11. The molecule has 5 atom stereocenters. The Hall–Kier alpha value is -3.25. The van der Waals surface area contributed by atoms with Gasteiger partial charge in [0.1, 0.15) is 18.5 Å². The quantitative estimate of drug-likeness (QED) is 0.247. The number of nitro groups is 1. The fourth-order valence-electron chi connectivity index (χ4n) is 3.00. The first-order chi connectivity index (χ1) is 14.6. The van der Waals surface area contributed by atoms with Gasteiger partial charge in [0.25, 0.3) is 5.69 Å². The van der Waals surface area contributed by atoms with Crippen LogP contribution in [0.15, 0.2) is 24.3 Å². The lowest BCUT2D eigenvalue weighted by Gasteiger charge is -2.44.